The maximum atomic E-state index is 13.3. The van der Waals surface area contributed by atoms with Crippen LogP contribution in [-0.4, -0.2) is 11.1 Å². The molecular formula is C12H13F2NO4. The molecule has 0 saturated carbocycles. The lowest BCUT2D eigenvalue weighted by Crippen LogP contribution is -2.10. The molecule has 1 aromatic carbocycles. The van der Waals surface area contributed by atoms with E-state index in [1.165, 1.54) is 0 Å². The Balaban J connectivity index is 0.000000982. The summed E-state index contributed by atoms with van der Waals surface area (Å²) in [7, 11) is 0. The van der Waals surface area contributed by atoms with Crippen LogP contribution >= 0.6 is 0 Å². The van der Waals surface area contributed by atoms with Crippen molar-refractivity contribution in [3.05, 3.63) is 39.4 Å². The number of hydrogen-bond donors (Lipinski definition) is 0. The van der Waals surface area contributed by atoms with Gasteiger partial charge in [0.05, 0.1) is 4.92 Å². The number of halogens is 2. The van der Waals surface area contributed by atoms with Crippen LogP contribution in [0.3, 0.4) is 0 Å². The van der Waals surface area contributed by atoms with Gasteiger partial charge in [-0.05, 0) is 29.5 Å². The summed E-state index contributed by atoms with van der Waals surface area (Å²) in [6.07, 6.45) is 0.707. The molecule has 0 aliphatic carbocycles. The van der Waals surface area contributed by atoms with Crippen LogP contribution in [0.5, 0.6) is 0 Å². The van der Waals surface area contributed by atoms with Gasteiger partial charge in [-0.15, -0.1) is 0 Å². The van der Waals surface area contributed by atoms with E-state index in [2.05, 4.69) is 0 Å². The second-order valence-corrected chi connectivity index (χ2v) is 4.99. The molecule has 0 heterocycles. The Bertz CT molecular complexity index is 480. The first-order valence-corrected chi connectivity index (χ1v) is 5.24. The van der Waals surface area contributed by atoms with Crippen molar-refractivity contribution in [1.29, 1.82) is 0 Å². The van der Waals surface area contributed by atoms with Gasteiger partial charge < -0.3 is 0 Å². The summed E-state index contributed by atoms with van der Waals surface area (Å²) in [5.41, 5.74) is -0.791. The second-order valence-electron chi connectivity index (χ2n) is 4.99. The molecule has 0 aliphatic heterocycles. The van der Waals surface area contributed by atoms with Gasteiger partial charge in [0.2, 0.25) is 11.6 Å². The molecule has 0 saturated heterocycles. The van der Waals surface area contributed by atoms with Gasteiger partial charge in [-0.2, -0.15) is 18.4 Å². The Morgan fingerprint density at radius 3 is 1.84 bits per heavy atom. The van der Waals surface area contributed by atoms with Crippen LogP contribution in [0, 0.1) is 27.2 Å². The number of carbonyl (C=O) groups excluding carboxylic acids is 2. The molecule has 0 bridgehead atoms. The van der Waals surface area contributed by atoms with Gasteiger partial charge in [-0.1, -0.05) is 20.8 Å². The Hall–Kier alpha value is -2.14. The second kappa shape index (κ2) is 6.70. The smallest absolute Gasteiger partial charge is 0.258 e. The summed E-state index contributed by atoms with van der Waals surface area (Å²) < 4.78 is 26.5. The number of nitro benzene ring substituents is 1. The SMILES string of the molecule is CC(C)(C)Cc1cc(F)c([N+](=O)[O-])c(F)c1.O=C=O. The predicted octanol–water partition coefficient (Wildman–Crippen LogP) is 2.88. The normalized spacial score (nSPS) is 10.2. The van der Waals surface area contributed by atoms with E-state index in [-0.39, 0.29) is 11.6 Å². The summed E-state index contributed by atoms with van der Waals surface area (Å²) in [6.45, 7) is 5.76. The molecule has 0 unspecified atom stereocenters. The standard InChI is InChI=1S/C11H13F2NO2.CO2/c1-11(2,3)6-7-4-8(12)10(14(15)16)9(13)5-7;2-1-3/h4-5H,6H2,1-3H3;. The van der Waals surface area contributed by atoms with Crippen molar-refractivity contribution in [2.24, 2.45) is 5.41 Å². The number of hydrogen-bond acceptors (Lipinski definition) is 4. The van der Waals surface area contributed by atoms with E-state index in [0.29, 0.717) is 12.0 Å². The first-order valence-electron chi connectivity index (χ1n) is 5.24. The van der Waals surface area contributed by atoms with Crippen molar-refractivity contribution in [3.8, 4) is 0 Å². The Morgan fingerprint density at radius 1 is 1.21 bits per heavy atom. The highest BCUT2D eigenvalue weighted by atomic mass is 19.1. The van der Waals surface area contributed by atoms with Crippen LogP contribution in [-0.2, 0) is 16.0 Å². The number of rotatable bonds is 2. The fourth-order valence-corrected chi connectivity index (χ4v) is 1.51. The third kappa shape index (κ3) is 5.83. The minimum absolute atomic E-state index is 0.130. The van der Waals surface area contributed by atoms with Crippen molar-refractivity contribution in [1.82, 2.24) is 0 Å². The summed E-state index contributed by atoms with van der Waals surface area (Å²) in [4.78, 5) is 25.6. The van der Waals surface area contributed by atoms with Crippen LogP contribution in [0.15, 0.2) is 12.1 Å². The lowest BCUT2D eigenvalue weighted by atomic mass is 9.88. The molecule has 0 N–H and O–H groups in total. The highest BCUT2D eigenvalue weighted by Crippen LogP contribution is 2.27. The molecule has 19 heavy (non-hydrogen) atoms. The molecule has 0 aromatic heterocycles. The highest BCUT2D eigenvalue weighted by Gasteiger charge is 2.23. The van der Waals surface area contributed by atoms with Gasteiger partial charge in [0.25, 0.3) is 0 Å². The molecule has 0 amide bonds. The van der Waals surface area contributed by atoms with E-state index >= 15 is 0 Å². The fourth-order valence-electron chi connectivity index (χ4n) is 1.51. The molecule has 104 valence electrons. The Morgan fingerprint density at radius 2 is 1.58 bits per heavy atom. The lowest BCUT2D eigenvalue weighted by molar-refractivity contribution is -0.390. The molecule has 0 atom stereocenters. The maximum Gasteiger partial charge on any atom is 0.373 e. The summed E-state index contributed by atoms with van der Waals surface area (Å²) in [5.74, 6) is -2.24. The third-order valence-electron chi connectivity index (χ3n) is 1.99. The molecule has 1 aromatic rings. The molecule has 0 radical (unpaired) electrons. The minimum Gasteiger partial charge on any atom is -0.258 e. The van der Waals surface area contributed by atoms with Gasteiger partial charge in [-0.3, -0.25) is 10.1 Å². The van der Waals surface area contributed by atoms with E-state index in [1.807, 2.05) is 20.8 Å². The number of nitro groups is 1. The molecule has 0 spiro atoms. The zero-order valence-corrected chi connectivity index (χ0v) is 10.7. The van der Waals surface area contributed by atoms with Gasteiger partial charge in [0, 0.05) is 0 Å². The highest BCUT2D eigenvalue weighted by molar-refractivity contribution is 5.37. The number of nitrogens with zero attached hydrogens (tertiary/aromatic N) is 1. The average Bonchev–Trinajstić information content (AvgIpc) is 2.13. The zero-order valence-electron chi connectivity index (χ0n) is 10.7. The summed E-state index contributed by atoms with van der Waals surface area (Å²) >= 11 is 0. The van der Waals surface area contributed by atoms with Crippen LogP contribution in [0.4, 0.5) is 14.5 Å². The first kappa shape index (κ1) is 16.9. The minimum atomic E-state index is -1.12. The van der Waals surface area contributed by atoms with Crippen LogP contribution in [0.2, 0.25) is 0 Å². The van der Waals surface area contributed by atoms with E-state index < -0.39 is 22.2 Å². The average molecular weight is 273 g/mol. The van der Waals surface area contributed by atoms with Crippen molar-refractivity contribution in [2.75, 3.05) is 0 Å². The Kier molecular flexibility index (Phi) is 5.95. The quantitative estimate of drug-likeness (QED) is 0.613. The monoisotopic (exact) mass is 273 g/mol. The first-order chi connectivity index (χ1) is 8.62. The van der Waals surface area contributed by atoms with Crippen LogP contribution < -0.4 is 0 Å². The van der Waals surface area contributed by atoms with E-state index in [1.54, 1.807) is 0 Å². The molecule has 0 aliphatic rings. The van der Waals surface area contributed by atoms with Gasteiger partial charge >= 0.3 is 11.8 Å². The van der Waals surface area contributed by atoms with Crippen molar-refractivity contribution >= 4 is 11.8 Å². The van der Waals surface area contributed by atoms with E-state index in [4.69, 9.17) is 9.59 Å². The predicted molar refractivity (Wildman–Crippen MR) is 61.2 cm³/mol. The van der Waals surface area contributed by atoms with Gasteiger partial charge in [0.1, 0.15) is 0 Å². The largest absolute Gasteiger partial charge is 0.373 e. The van der Waals surface area contributed by atoms with Gasteiger partial charge in [0.15, 0.2) is 0 Å². The lowest BCUT2D eigenvalue weighted by Gasteiger charge is -2.17. The van der Waals surface area contributed by atoms with Crippen LogP contribution in [0.25, 0.3) is 0 Å². The summed E-state index contributed by atoms with van der Waals surface area (Å²) in [6, 6.07) is 2.04. The van der Waals surface area contributed by atoms with Gasteiger partial charge in [-0.25, -0.2) is 0 Å². The molecule has 5 nitrogen and oxygen atoms in total. The molecular weight excluding hydrogens is 260 g/mol. The van der Waals surface area contributed by atoms with Crippen molar-refractivity contribution in [3.63, 3.8) is 0 Å². The van der Waals surface area contributed by atoms with E-state index in [0.717, 1.165) is 12.1 Å². The summed E-state index contributed by atoms with van der Waals surface area (Å²) in [5, 5.41) is 10.4. The zero-order chi connectivity index (χ0) is 15.2. The fraction of sp³-hybridized carbons (Fsp3) is 0.417. The number of benzene rings is 1. The third-order valence-corrected chi connectivity index (χ3v) is 1.99. The van der Waals surface area contributed by atoms with Crippen molar-refractivity contribution in [2.45, 2.75) is 27.2 Å². The molecule has 0 fully saturated rings. The Labute approximate surface area is 108 Å². The van der Waals surface area contributed by atoms with E-state index in [9.17, 15) is 18.9 Å². The topological polar surface area (TPSA) is 77.3 Å². The molecule has 1 rings (SSSR count). The van der Waals surface area contributed by atoms with Crippen LogP contribution in [0.1, 0.15) is 26.3 Å². The van der Waals surface area contributed by atoms with Crippen molar-refractivity contribution < 1.29 is 23.3 Å². The molecule has 7 heteroatoms. The maximum absolute atomic E-state index is 13.3.